The minimum absolute atomic E-state index is 0.000751. The first-order valence-electron chi connectivity index (χ1n) is 14.1. The van der Waals surface area contributed by atoms with Gasteiger partial charge in [-0.15, -0.1) is 11.3 Å². The van der Waals surface area contributed by atoms with Crippen molar-refractivity contribution in [3.05, 3.63) is 118 Å². The van der Waals surface area contributed by atoms with Crippen LogP contribution >= 0.6 is 11.3 Å². The lowest BCUT2D eigenvalue weighted by Crippen LogP contribution is -2.49. The lowest BCUT2D eigenvalue weighted by Gasteiger charge is -2.36. The number of hydrogen-bond acceptors (Lipinski definition) is 5. The Balaban J connectivity index is 1.11. The normalized spacial score (nSPS) is 13.8. The molecule has 3 heterocycles. The molecule has 1 aliphatic heterocycles. The van der Waals surface area contributed by atoms with Crippen molar-refractivity contribution in [2.24, 2.45) is 0 Å². The maximum absolute atomic E-state index is 13.5. The summed E-state index contributed by atoms with van der Waals surface area (Å²) in [5.41, 5.74) is 6.47. The molecule has 5 aromatic rings. The average Bonchev–Trinajstić information content (AvgIpc) is 3.64. The highest BCUT2D eigenvalue weighted by Crippen LogP contribution is 2.23. The van der Waals surface area contributed by atoms with Gasteiger partial charge in [0.05, 0.1) is 6.54 Å². The number of rotatable bonds is 9. The van der Waals surface area contributed by atoms with Gasteiger partial charge in [0.15, 0.2) is 0 Å². The number of anilines is 1. The van der Waals surface area contributed by atoms with Crippen LogP contribution in [-0.2, 0) is 19.5 Å². The van der Waals surface area contributed by atoms with Crippen LogP contribution in [0, 0.1) is 12.7 Å². The van der Waals surface area contributed by atoms with E-state index in [1.807, 2.05) is 28.5 Å². The number of fused-ring (bicyclic) bond motifs is 1. The minimum Gasteiger partial charge on any atom is -0.368 e. The Morgan fingerprint density at radius 2 is 1.73 bits per heavy atom. The van der Waals surface area contributed by atoms with Crippen molar-refractivity contribution in [3.63, 3.8) is 0 Å². The molecule has 2 aromatic heterocycles. The highest BCUT2D eigenvalue weighted by molar-refractivity contribution is 7.09. The van der Waals surface area contributed by atoms with Gasteiger partial charge in [0.1, 0.15) is 16.5 Å². The molecule has 0 saturated carbocycles. The van der Waals surface area contributed by atoms with Crippen LogP contribution in [0.3, 0.4) is 0 Å². The van der Waals surface area contributed by atoms with E-state index in [0.29, 0.717) is 31.9 Å². The quantitative estimate of drug-likeness (QED) is 0.228. The number of piperazine rings is 1. The maximum atomic E-state index is 13.5. The van der Waals surface area contributed by atoms with Crippen LogP contribution in [0.1, 0.15) is 32.2 Å². The number of amides is 1. The number of halogens is 1. The molecule has 1 saturated heterocycles. The third kappa shape index (κ3) is 6.34. The van der Waals surface area contributed by atoms with Crippen LogP contribution in [-0.4, -0.2) is 58.4 Å². The number of carbonyl (C=O) groups is 1. The molecule has 6 nitrogen and oxygen atoms in total. The smallest absolute Gasteiger partial charge is 0.273 e. The number of benzene rings is 3. The van der Waals surface area contributed by atoms with Crippen molar-refractivity contribution in [1.82, 2.24) is 19.8 Å². The van der Waals surface area contributed by atoms with E-state index in [4.69, 9.17) is 4.98 Å². The van der Waals surface area contributed by atoms with Gasteiger partial charge in [-0.2, -0.15) is 0 Å². The van der Waals surface area contributed by atoms with Crippen molar-refractivity contribution < 1.29 is 9.18 Å². The van der Waals surface area contributed by atoms with Crippen molar-refractivity contribution >= 4 is 33.8 Å². The van der Waals surface area contributed by atoms with E-state index in [9.17, 15) is 9.18 Å². The van der Waals surface area contributed by atoms with Crippen LogP contribution in [0.5, 0.6) is 0 Å². The lowest BCUT2D eigenvalue weighted by atomic mass is 10.1. The summed E-state index contributed by atoms with van der Waals surface area (Å²) in [6, 6.07) is 23.4. The number of nitrogens with zero attached hydrogens (tertiary/aromatic N) is 4. The zero-order valence-corrected chi connectivity index (χ0v) is 24.0. The molecule has 8 heteroatoms. The predicted molar refractivity (Wildman–Crippen MR) is 164 cm³/mol. The number of para-hydroxylation sites is 2. The summed E-state index contributed by atoms with van der Waals surface area (Å²) in [4.78, 5) is 28.1. The molecule has 1 fully saturated rings. The number of hydrogen-bond donors (Lipinski definition) is 1. The van der Waals surface area contributed by atoms with Gasteiger partial charge in [0.25, 0.3) is 5.91 Å². The first-order valence-corrected chi connectivity index (χ1v) is 15.0. The van der Waals surface area contributed by atoms with Gasteiger partial charge in [0, 0.05) is 67.4 Å². The van der Waals surface area contributed by atoms with E-state index in [1.165, 1.54) is 45.7 Å². The summed E-state index contributed by atoms with van der Waals surface area (Å²) in [7, 11) is 0. The fourth-order valence-electron chi connectivity index (χ4n) is 5.58. The Morgan fingerprint density at radius 3 is 2.54 bits per heavy atom. The second-order valence-electron chi connectivity index (χ2n) is 10.6. The van der Waals surface area contributed by atoms with Crippen molar-refractivity contribution in [1.29, 1.82) is 0 Å². The number of aromatic amines is 1. The molecule has 1 amide bonds. The molecular weight excluding hydrogens is 533 g/mol. The molecule has 41 heavy (non-hydrogen) atoms. The number of H-pyrrole nitrogens is 1. The van der Waals surface area contributed by atoms with Crippen molar-refractivity contribution in [3.8, 4) is 0 Å². The standard InChI is InChI=1S/C33H34FN5OS/c1-24-6-2-5-9-31(24)38-16-18-39(19-17-38)33(40)30-23-41-32(36-30)22-37(21-25-10-12-27(34)13-11-25)15-14-26-20-35-29-8-4-3-7-28(26)29/h2-13,20,23,35H,14-19,21-22H2,1H3. The first-order chi connectivity index (χ1) is 20.0. The third-order valence-corrected chi connectivity index (χ3v) is 8.68. The highest BCUT2D eigenvalue weighted by atomic mass is 32.1. The van der Waals surface area contributed by atoms with E-state index >= 15 is 0 Å². The number of aryl methyl sites for hydroxylation is 1. The maximum Gasteiger partial charge on any atom is 0.273 e. The Morgan fingerprint density at radius 1 is 0.976 bits per heavy atom. The van der Waals surface area contributed by atoms with E-state index in [0.717, 1.165) is 42.1 Å². The summed E-state index contributed by atoms with van der Waals surface area (Å²) < 4.78 is 13.5. The van der Waals surface area contributed by atoms with E-state index in [1.54, 1.807) is 0 Å². The molecule has 3 aromatic carbocycles. The number of thiazole rings is 1. The van der Waals surface area contributed by atoms with Crippen LogP contribution in [0.4, 0.5) is 10.1 Å². The fourth-order valence-corrected chi connectivity index (χ4v) is 6.39. The topological polar surface area (TPSA) is 55.5 Å². The summed E-state index contributed by atoms with van der Waals surface area (Å²) >= 11 is 1.53. The summed E-state index contributed by atoms with van der Waals surface area (Å²) in [6.07, 6.45) is 2.95. The van der Waals surface area contributed by atoms with Gasteiger partial charge in [0.2, 0.25) is 0 Å². The minimum atomic E-state index is -0.234. The van der Waals surface area contributed by atoms with Gasteiger partial charge in [-0.3, -0.25) is 9.69 Å². The van der Waals surface area contributed by atoms with E-state index < -0.39 is 0 Å². The van der Waals surface area contributed by atoms with E-state index in [2.05, 4.69) is 70.4 Å². The molecule has 0 radical (unpaired) electrons. The SMILES string of the molecule is Cc1ccccc1N1CCN(C(=O)c2csc(CN(CCc3c[nH]c4ccccc34)Cc3ccc(F)cc3)n2)CC1. The molecule has 0 unspecified atom stereocenters. The average molecular weight is 568 g/mol. The van der Waals surface area contributed by atoms with Gasteiger partial charge in [-0.05, 0) is 54.3 Å². The molecule has 1 aliphatic rings. The zero-order valence-electron chi connectivity index (χ0n) is 23.2. The lowest BCUT2D eigenvalue weighted by molar-refractivity contribution is 0.0741. The van der Waals surface area contributed by atoms with Crippen LogP contribution in [0.2, 0.25) is 0 Å². The summed E-state index contributed by atoms with van der Waals surface area (Å²) in [5, 5.41) is 4.04. The van der Waals surface area contributed by atoms with Gasteiger partial charge in [-0.25, -0.2) is 9.37 Å². The van der Waals surface area contributed by atoms with Crippen molar-refractivity contribution in [2.75, 3.05) is 37.6 Å². The molecule has 210 valence electrons. The summed E-state index contributed by atoms with van der Waals surface area (Å²) in [6.45, 7) is 7.22. The zero-order chi connectivity index (χ0) is 28.2. The highest BCUT2D eigenvalue weighted by Gasteiger charge is 2.25. The van der Waals surface area contributed by atoms with E-state index in [-0.39, 0.29) is 11.7 Å². The predicted octanol–water partition coefficient (Wildman–Crippen LogP) is 6.28. The Hall–Kier alpha value is -4.01. The number of carbonyl (C=O) groups excluding carboxylic acids is 1. The first kappa shape index (κ1) is 27.2. The number of nitrogens with one attached hydrogen (secondary N) is 1. The van der Waals surface area contributed by atoms with Crippen LogP contribution in [0.25, 0.3) is 10.9 Å². The Bertz CT molecular complexity index is 1620. The largest absolute Gasteiger partial charge is 0.368 e. The van der Waals surface area contributed by atoms with Crippen LogP contribution < -0.4 is 4.90 Å². The Labute approximate surface area is 244 Å². The number of aromatic nitrogens is 2. The second-order valence-corrected chi connectivity index (χ2v) is 11.6. The second kappa shape index (κ2) is 12.2. The monoisotopic (exact) mass is 567 g/mol. The molecule has 6 rings (SSSR count). The molecule has 1 N–H and O–H groups in total. The molecule has 0 spiro atoms. The fraction of sp³-hybridized carbons (Fsp3) is 0.273. The van der Waals surface area contributed by atoms with Gasteiger partial charge < -0.3 is 14.8 Å². The van der Waals surface area contributed by atoms with Crippen LogP contribution in [0.15, 0.2) is 84.4 Å². The van der Waals surface area contributed by atoms with Gasteiger partial charge >= 0.3 is 0 Å². The van der Waals surface area contributed by atoms with Gasteiger partial charge in [-0.1, -0.05) is 48.5 Å². The molecular formula is C33H34FN5OS. The third-order valence-electron chi connectivity index (χ3n) is 7.84. The van der Waals surface area contributed by atoms with Crippen molar-refractivity contribution in [2.45, 2.75) is 26.4 Å². The molecule has 0 atom stereocenters. The molecule has 0 aliphatic carbocycles. The summed E-state index contributed by atoms with van der Waals surface area (Å²) in [5.74, 6) is -0.234. The molecule has 0 bridgehead atoms. The Kier molecular flexibility index (Phi) is 8.11.